The summed E-state index contributed by atoms with van der Waals surface area (Å²) in [6.07, 6.45) is 0. The van der Waals surface area contributed by atoms with Crippen LogP contribution in [0.2, 0.25) is 0 Å². The van der Waals surface area contributed by atoms with E-state index in [0.717, 1.165) is 5.69 Å². The molecule has 1 heterocycles. The van der Waals surface area contributed by atoms with E-state index in [4.69, 9.17) is 4.74 Å². The Morgan fingerprint density at radius 1 is 1.25 bits per heavy atom. The van der Waals surface area contributed by atoms with Gasteiger partial charge in [-0.15, -0.1) is 0 Å². The largest absolute Gasteiger partial charge is 0.461 e. The molecule has 0 aliphatic carbocycles. The number of aryl methyl sites for hydroxylation is 1. The average molecular weight is 291 g/mol. The van der Waals surface area contributed by atoms with E-state index in [0.29, 0.717) is 27.7 Å². The Labute approximate surface area is 120 Å². The minimum Gasteiger partial charge on any atom is -0.461 e. The van der Waals surface area contributed by atoms with Gasteiger partial charge in [-0.1, -0.05) is 18.2 Å². The van der Waals surface area contributed by atoms with Crippen molar-refractivity contribution >= 4 is 16.8 Å². The molecule has 1 N–H and O–H groups in total. The van der Waals surface area contributed by atoms with Crippen LogP contribution in [0.4, 0.5) is 0 Å². The van der Waals surface area contributed by atoms with E-state index >= 15 is 0 Å². The van der Waals surface area contributed by atoms with Crippen LogP contribution >= 0.6 is 0 Å². The Bertz CT molecular complexity index is 647. The summed E-state index contributed by atoms with van der Waals surface area (Å²) >= 11 is 0. The summed E-state index contributed by atoms with van der Waals surface area (Å²) in [6.45, 7) is 5.66. The van der Waals surface area contributed by atoms with Gasteiger partial charge in [0.2, 0.25) is 0 Å². The SMILES string of the molecule is CCOC(=O)c1[nH]c(C)c(S(=O)c2ccccc2)c1C. The number of esters is 1. The summed E-state index contributed by atoms with van der Waals surface area (Å²) in [5.74, 6) is -0.413. The Hall–Kier alpha value is -1.88. The summed E-state index contributed by atoms with van der Waals surface area (Å²) in [5, 5.41) is 0. The molecule has 2 rings (SSSR count). The molecule has 0 aliphatic rings. The summed E-state index contributed by atoms with van der Waals surface area (Å²) in [4.78, 5) is 16.2. The van der Waals surface area contributed by atoms with Crippen molar-refractivity contribution in [3.8, 4) is 0 Å². The number of carbonyl (C=O) groups excluding carboxylic acids is 1. The lowest BCUT2D eigenvalue weighted by atomic mass is 10.2. The number of benzene rings is 1. The lowest BCUT2D eigenvalue weighted by Crippen LogP contribution is -2.06. The molecule has 1 aromatic heterocycles. The van der Waals surface area contributed by atoms with E-state index in [1.807, 2.05) is 37.3 Å². The molecule has 1 aromatic carbocycles. The Morgan fingerprint density at radius 2 is 1.90 bits per heavy atom. The van der Waals surface area contributed by atoms with E-state index in [9.17, 15) is 9.00 Å². The fourth-order valence-corrected chi connectivity index (χ4v) is 3.43. The summed E-state index contributed by atoms with van der Waals surface area (Å²) in [6, 6.07) is 9.19. The number of nitrogens with one attached hydrogen (secondary N) is 1. The molecule has 20 heavy (non-hydrogen) atoms. The van der Waals surface area contributed by atoms with Crippen molar-refractivity contribution in [3.05, 3.63) is 47.3 Å². The minimum atomic E-state index is -1.31. The fourth-order valence-electron chi connectivity index (χ4n) is 2.08. The lowest BCUT2D eigenvalue weighted by molar-refractivity contribution is 0.0519. The van der Waals surface area contributed by atoms with E-state index in [-0.39, 0.29) is 0 Å². The third-order valence-corrected chi connectivity index (χ3v) is 4.67. The molecule has 0 saturated heterocycles. The van der Waals surface area contributed by atoms with Crippen molar-refractivity contribution in [1.82, 2.24) is 4.98 Å². The normalized spacial score (nSPS) is 12.2. The summed E-state index contributed by atoms with van der Waals surface area (Å²) < 4.78 is 17.6. The first kappa shape index (κ1) is 14.5. The van der Waals surface area contributed by atoms with Crippen LogP contribution in [0.1, 0.15) is 28.7 Å². The van der Waals surface area contributed by atoms with Gasteiger partial charge >= 0.3 is 5.97 Å². The van der Waals surface area contributed by atoms with Gasteiger partial charge in [0, 0.05) is 10.6 Å². The molecule has 5 heteroatoms. The molecule has 1 unspecified atom stereocenters. The maximum absolute atomic E-state index is 12.6. The smallest absolute Gasteiger partial charge is 0.355 e. The van der Waals surface area contributed by atoms with Crippen molar-refractivity contribution in [2.75, 3.05) is 6.61 Å². The summed E-state index contributed by atoms with van der Waals surface area (Å²) in [7, 11) is -1.31. The number of H-pyrrole nitrogens is 1. The van der Waals surface area contributed by atoms with Crippen molar-refractivity contribution in [2.24, 2.45) is 0 Å². The number of ether oxygens (including phenoxy) is 1. The minimum absolute atomic E-state index is 0.313. The van der Waals surface area contributed by atoms with Crippen LogP contribution in [0.5, 0.6) is 0 Å². The Balaban J connectivity index is 2.43. The molecule has 1 atom stereocenters. The van der Waals surface area contributed by atoms with Crippen molar-refractivity contribution < 1.29 is 13.7 Å². The van der Waals surface area contributed by atoms with Gasteiger partial charge in [0.25, 0.3) is 0 Å². The van der Waals surface area contributed by atoms with Crippen LogP contribution in [0, 0.1) is 13.8 Å². The average Bonchev–Trinajstić information content (AvgIpc) is 2.75. The Morgan fingerprint density at radius 3 is 2.50 bits per heavy atom. The zero-order valence-electron chi connectivity index (χ0n) is 11.7. The van der Waals surface area contributed by atoms with E-state index in [2.05, 4.69) is 4.98 Å². The lowest BCUT2D eigenvalue weighted by Gasteiger charge is -2.03. The number of aromatic nitrogens is 1. The zero-order valence-corrected chi connectivity index (χ0v) is 12.5. The molecule has 0 radical (unpaired) electrons. The van der Waals surface area contributed by atoms with Gasteiger partial charge in [-0.3, -0.25) is 0 Å². The van der Waals surface area contributed by atoms with Crippen molar-refractivity contribution in [3.63, 3.8) is 0 Å². The maximum atomic E-state index is 12.6. The van der Waals surface area contributed by atoms with E-state index in [1.54, 1.807) is 13.8 Å². The van der Waals surface area contributed by atoms with Crippen LogP contribution < -0.4 is 0 Å². The number of hydrogen-bond acceptors (Lipinski definition) is 3. The van der Waals surface area contributed by atoms with Gasteiger partial charge in [0.1, 0.15) is 5.69 Å². The summed E-state index contributed by atoms with van der Waals surface area (Å²) in [5.41, 5.74) is 1.79. The highest BCUT2D eigenvalue weighted by Gasteiger charge is 2.22. The second-order valence-corrected chi connectivity index (χ2v) is 5.80. The second kappa shape index (κ2) is 6.05. The van der Waals surface area contributed by atoms with Gasteiger partial charge in [-0.2, -0.15) is 0 Å². The van der Waals surface area contributed by atoms with Crippen LogP contribution in [0.25, 0.3) is 0 Å². The first-order valence-corrected chi connectivity index (χ1v) is 7.54. The molecule has 0 aliphatic heterocycles. The molecule has 0 bridgehead atoms. The van der Waals surface area contributed by atoms with Crippen LogP contribution in [-0.2, 0) is 15.5 Å². The number of rotatable bonds is 4. The van der Waals surface area contributed by atoms with Crippen molar-refractivity contribution in [2.45, 2.75) is 30.6 Å². The zero-order chi connectivity index (χ0) is 14.7. The van der Waals surface area contributed by atoms with Crippen molar-refractivity contribution in [1.29, 1.82) is 0 Å². The maximum Gasteiger partial charge on any atom is 0.355 e. The van der Waals surface area contributed by atoms with E-state index in [1.165, 1.54) is 0 Å². The van der Waals surface area contributed by atoms with Crippen LogP contribution in [0.15, 0.2) is 40.1 Å². The predicted octanol–water partition coefficient (Wildman–Crippen LogP) is 2.97. The first-order valence-electron chi connectivity index (χ1n) is 6.39. The fraction of sp³-hybridized carbons (Fsp3) is 0.267. The Kier molecular flexibility index (Phi) is 4.39. The molecule has 0 amide bonds. The third-order valence-electron chi connectivity index (χ3n) is 2.99. The number of aromatic amines is 1. The van der Waals surface area contributed by atoms with Gasteiger partial charge in [-0.05, 0) is 38.5 Å². The monoisotopic (exact) mass is 291 g/mol. The highest BCUT2D eigenvalue weighted by atomic mass is 32.2. The van der Waals surface area contributed by atoms with Gasteiger partial charge < -0.3 is 9.72 Å². The van der Waals surface area contributed by atoms with Gasteiger partial charge in [-0.25, -0.2) is 9.00 Å². The highest BCUT2D eigenvalue weighted by molar-refractivity contribution is 7.85. The number of carbonyl (C=O) groups is 1. The molecule has 4 nitrogen and oxygen atoms in total. The molecular weight excluding hydrogens is 274 g/mol. The second-order valence-electron chi connectivity index (χ2n) is 4.38. The molecule has 0 saturated carbocycles. The molecule has 0 fully saturated rings. The number of hydrogen-bond donors (Lipinski definition) is 1. The molecule has 2 aromatic rings. The van der Waals surface area contributed by atoms with E-state index < -0.39 is 16.8 Å². The topological polar surface area (TPSA) is 59.2 Å². The highest BCUT2D eigenvalue weighted by Crippen LogP contribution is 2.26. The van der Waals surface area contributed by atoms with Gasteiger partial charge in [0.15, 0.2) is 0 Å². The predicted molar refractivity (Wildman–Crippen MR) is 77.3 cm³/mol. The van der Waals surface area contributed by atoms with Crippen LogP contribution in [0.3, 0.4) is 0 Å². The third kappa shape index (κ3) is 2.67. The quantitative estimate of drug-likeness (QED) is 0.881. The van der Waals surface area contributed by atoms with Crippen LogP contribution in [-0.4, -0.2) is 21.8 Å². The molecular formula is C15H17NO3S. The first-order chi connectivity index (χ1) is 9.56. The standard InChI is InChI=1S/C15H17NO3S/c1-4-19-15(17)13-10(2)14(11(3)16-13)20(18)12-8-6-5-7-9-12/h5-9,16H,4H2,1-3H3. The molecule has 0 spiro atoms. The van der Waals surface area contributed by atoms with Gasteiger partial charge in [0.05, 0.1) is 22.3 Å². The molecule has 106 valence electrons.